The number of nitrogens with one attached hydrogen (secondary N) is 2. The van der Waals surface area contributed by atoms with Gasteiger partial charge in [0.2, 0.25) is 0 Å². The maximum atomic E-state index is 13.9. The van der Waals surface area contributed by atoms with E-state index in [0.717, 1.165) is 12.3 Å². The summed E-state index contributed by atoms with van der Waals surface area (Å²) in [6.07, 6.45) is -2.67. The zero-order chi connectivity index (χ0) is 20.7. The van der Waals surface area contributed by atoms with E-state index in [-0.39, 0.29) is 22.7 Å². The van der Waals surface area contributed by atoms with Gasteiger partial charge in [-0.3, -0.25) is 9.71 Å². The molecule has 0 fully saturated rings. The molecule has 0 bridgehead atoms. The van der Waals surface area contributed by atoms with Crippen LogP contribution < -0.4 is 4.72 Å². The lowest BCUT2D eigenvalue weighted by Crippen LogP contribution is -2.15. The SMILES string of the molecule is O=S(=O)(Nc1cc(F)c(C(F)(F)F)cc1F)c1c[nH]c(-c2cc(Cl)ccn2)c1. The van der Waals surface area contributed by atoms with Crippen LogP contribution in [0.2, 0.25) is 5.02 Å². The molecule has 0 aliphatic carbocycles. The maximum Gasteiger partial charge on any atom is 0.419 e. The van der Waals surface area contributed by atoms with E-state index in [2.05, 4.69) is 9.97 Å². The quantitative estimate of drug-likeness (QED) is 0.574. The van der Waals surface area contributed by atoms with Crippen molar-refractivity contribution in [2.24, 2.45) is 0 Å². The van der Waals surface area contributed by atoms with Crippen molar-refractivity contribution in [3.05, 3.63) is 64.9 Å². The monoisotopic (exact) mass is 437 g/mol. The number of hydrogen-bond acceptors (Lipinski definition) is 3. The van der Waals surface area contributed by atoms with Crippen molar-refractivity contribution in [3.63, 3.8) is 0 Å². The summed E-state index contributed by atoms with van der Waals surface area (Å²) in [5, 5.41) is 0.351. The highest BCUT2D eigenvalue weighted by Crippen LogP contribution is 2.34. The Morgan fingerprint density at radius 2 is 1.79 bits per heavy atom. The second-order valence-electron chi connectivity index (χ2n) is 5.52. The number of hydrogen-bond donors (Lipinski definition) is 2. The van der Waals surface area contributed by atoms with Gasteiger partial charge in [-0.1, -0.05) is 11.6 Å². The molecule has 5 nitrogen and oxygen atoms in total. The molecule has 0 radical (unpaired) electrons. The largest absolute Gasteiger partial charge is 0.419 e. The number of halogens is 6. The van der Waals surface area contributed by atoms with Gasteiger partial charge in [-0.25, -0.2) is 17.2 Å². The molecule has 2 aromatic heterocycles. The molecular formula is C16H9ClF5N3O2S. The number of H-pyrrole nitrogens is 1. The Labute approximate surface area is 160 Å². The minimum atomic E-state index is -5.12. The number of aromatic amines is 1. The second kappa shape index (κ2) is 7.06. The lowest BCUT2D eigenvalue weighted by atomic mass is 10.2. The standard InChI is InChI=1S/C16H9ClF5N3O2S/c17-8-1-2-23-14(3-8)15-4-9(7-24-15)28(26,27)25-13-6-11(18)10(5-12(13)19)16(20,21)22/h1-7,24-25H. The predicted octanol–water partition coefficient (Wildman–Crippen LogP) is 4.83. The fourth-order valence-corrected chi connectivity index (χ4v) is 3.49. The third-order valence-electron chi connectivity index (χ3n) is 3.57. The Bertz CT molecular complexity index is 1150. The van der Waals surface area contributed by atoms with Gasteiger partial charge in [-0.2, -0.15) is 13.2 Å². The molecular weight excluding hydrogens is 429 g/mol. The lowest BCUT2D eigenvalue weighted by Gasteiger charge is -2.12. The number of anilines is 1. The van der Waals surface area contributed by atoms with Gasteiger partial charge < -0.3 is 4.98 Å². The van der Waals surface area contributed by atoms with E-state index in [1.807, 2.05) is 0 Å². The van der Waals surface area contributed by atoms with E-state index >= 15 is 0 Å². The van der Waals surface area contributed by atoms with Crippen molar-refractivity contribution in [2.45, 2.75) is 11.1 Å². The fourth-order valence-electron chi connectivity index (χ4n) is 2.28. The third kappa shape index (κ3) is 4.09. The van der Waals surface area contributed by atoms with Gasteiger partial charge in [-0.15, -0.1) is 0 Å². The summed E-state index contributed by atoms with van der Waals surface area (Å²) in [5.41, 5.74) is -2.22. The van der Waals surface area contributed by atoms with Crippen LogP contribution in [0.25, 0.3) is 11.4 Å². The average Bonchev–Trinajstić information content (AvgIpc) is 3.07. The smallest absolute Gasteiger partial charge is 0.359 e. The van der Waals surface area contributed by atoms with Gasteiger partial charge in [0.05, 0.1) is 22.6 Å². The number of alkyl halides is 3. The second-order valence-corrected chi connectivity index (χ2v) is 7.64. The van der Waals surface area contributed by atoms with Gasteiger partial charge in [0, 0.05) is 23.5 Å². The van der Waals surface area contributed by atoms with Gasteiger partial charge in [0.15, 0.2) is 0 Å². The van der Waals surface area contributed by atoms with Gasteiger partial charge in [-0.05, 0) is 24.3 Å². The van der Waals surface area contributed by atoms with Crippen molar-refractivity contribution in [1.29, 1.82) is 0 Å². The molecule has 0 saturated heterocycles. The summed E-state index contributed by atoms with van der Waals surface area (Å²) in [7, 11) is -4.43. The summed E-state index contributed by atoms with van der Waals surface area (Å²) >= 11 is 5.83. The van der Waals surface area contributed by atoms with Crippen LogP contribution in [-0.4, -0.2) is 18.4 Å². The Balaban J connectivity index is 1.92. The van der Waals surface area contributed by atoms with Crippen LogP contribution in [0.3, 0.4) is 0 Å². The van der Waals surface area contributed by atoms with Crippen molar-refractivity contribution in [2.75, 3.05) is 4.72 Å². The van der Waals surface area contributed by atoms with E-state index in [9.17, 15) is 30.4 Å². The topological polar surface area (TPSA) is 74.8 Å². The number of sulfonamides is 1. The van der Waals surface area contributed by atoms with Crippen LogP contribution in [0.1, 0.15) is 5.56 Å². The summed E-state index contributed by atoms with van der Waals surface area (Å²) in [4.78, 5) is 6.27. The number of aromatic nitrogens is 2. The first kappa shape index (κ1) is 20.1. The normalized spacial score (nSPS) is 12.2. The minimum absolute atomic E-state index is 0.119. The van der Waals surface area contributed by atoms with E-state index in [0.29, 0.717) is 10.7 Å². The fraction of sp³-hybridized carbons (Fsp3) is 0.0625. The van der Waals surface area contributed by atoms with Crippen molar-refractivity contribution < 1.29 is 30.4 Å². The molecule has 0 spiro atoms. The van der Waals surface area contributed by atoms with Crippen molar-refractivity contribution in [3.8, 4) is 11.4 Å². The number of pyridine rings is 1. The molecule has 0 atom stereocenters. The van der Waals surface area contributed by atoms with Crippen LogP contribution >= 0.6 is 11.6 Å². The number of benzene rings is 1. The van der Waals surface area contributed by atoms with Crippen LogP contribution in [0.5, 0.6) is 0 Å². The first-order chi connectivity index (χ1) is 13.0. The molecule has 0 amide bonds. The third-order valence-corrected chi connectivity index (χ3v) is 5.15. The van der Waals surface area contributed by atoms with E-state index in [1.54, 1.807) is 4.72 Å². The van der Waals surface area contributed by atoms with Crippen molar-refractivity contribution in [1.82, 2.24) is 9.97 Å². The first-order valence-electron chi connectivity index (χ1n) is 7.37. The molecule has 148 valence electrons. The van der Waals surface area contributed by atoms with Crippen LogP contribution in [0.15, 0.2) is 47.6 Å². The zero-order valence-corrected chi connectivity index (χ0v) is 15.1. The molecule has 3 aromatic rings. The maximum absolute atomic E-state index is 13.9. The Hall–Kier alpha value is -2.66. The molecule has 0 unspecified atom stereocenters. The highest BCUT2D eigenvalue weighted by Gasteiger charge is 2.35. The molecule has 3 rings (SSSR count). The summed E-state index contributed by atoms with van der Waals surface area (Å²) < 4.78 is 91.7. The summed E-state index contributed by atoms with van der Waals surface area (Å²) in [5.74, 6) is -3.39. The van der Waals surface area contributed by atoms with E-state index in [1.165, 1.54) is 18.3 Å². The Morgan fingerprint density at radius 3 is 2.43 bits per heavy atom. The molecule has 2 heterocycles. The highest BCUT2D eigenvalue weighted by atomic mass is 35.5. The molecule has 12 heteroatoms. The average molecular weight is 438 g/mol. The van der Waals surface area contributed by atoms with Gasteiger partial charge in [0.25, 0.3) is 10.0 Å². The Morgan fingerprint density at radius 1 is 1.07 bits per heavy atom. The molecule has 0 aliphatic rings. The molecule has 0 aliphatic heterocycles. The van der Waals surface area contributed by atoms with Crippen molar-refractivity contribution >= 4 is 27.3 Å². The van der Waals surface area contributed by atoms with E-state index in [4.69, 9.17) is 11.6 Å². The lowest BCUT2D eigenvalue weighted by molar-refractivity contribution is -0.140. The first-order valence-corrected chi connectivity index (χ1v) is 9.23. The summed E-state index contributed by atoms with van der Waals surface area (Å²) in [6.45, 7) is 0. The molecule has 1 aromatic carbocycles. The van der Waals surface area contributed by atoms with Crippen LogP contribution in [-0.2, 0) is 16.2 Å². The van der Waals surface area contributed by atoms with Gasteiger partial charge in [0.1, 0.15) is 16.5 Å². The number of rotatable bonds is 4. The zero-order valence-electron chi connectivity index (χ0n) is 13.5. The molecule has 2 N–H and O–H groups in total. The number of nitrogens with zero attached hydrogens (tertiary/aromatic N) is 1. The highest BCUT2D eigenvalue weighted by molar-refractivity contribution is 7.92. The predicted molar refractivity (Wildman–Crippen MR) is 91.2 cm³/mol. The molecule has 0 saturated carbocycles. The van der Waals surface area contributed by atoms with Gasteiger partial charge >= 0.3 is 6.18 Å². The summed E-state index contributed by atoms with van der Waals surface area (Å²) in [6, 6.07) is 4.13. The molecule has 28 heavy (non-hydrogen) atoms. The van der Waals surface area contributed by atoms with Crippen LogP contribution in [0.4, 0.5) is 27.6 Å². The minimum Gasteiger partial charge on any atom is -0.359 e. The van der Waals surface area contributed by atoms with Crippen LogP contribution in [0, 0.1) is 11.6 Å². The van der Waals surface area contributed by atoms with E-state index < -0.39 is 39.1 Å². The Kier molecular flexibility index (Phi) is 5.06.